The Labute approximate surface area is 148 Å². The van der Waals surface area contributed by atoms with Crippen LogP contribution in [0.1, 0.15) is 26.3 Å². The average Bonchev–Trinajstić information content (AvgIpc) is 2.61. The highest BCUT2D eigenvalue weighted by molar-refractivity contribution is 5.55. The maximum Gasteiger partial charge on any atom is 0.163 e. The fraction of sp³-hybridized carbons (Fsp3) is 0.400. The number of hydrogen-bond donors (Lipinski definition) is 1. The molecule has 0 saturated heterocycles. The number of rotatable bonds is 7. The summed E-state index contributed by atoms with van der Waals surface area (Å²) in [5.74, 6) is 3.13. The molecule has 2 aromatic carbocycles. The molecule has 134 valence electrons. The van der Waals surface area contributed by atoms with Gasteiger partial charge in [-0.05, 0) is 50.6 Å². The Balaban J connectivity index is 1.69. The van der Waals surface area contributed by atoms with E-state index in [-0.39, 0.29) is 6.10 Å². The molecule has 0 radical (unpaired) electrons. The zero-order valence-corrected chi connectivity index (χ0v) is 15.0. The molecule has 0 unspecified atom stereocenters. The average molecular weight is 343 g/mol. The molecule has 0 atom stereocenters. The Hall–Kier alpha value is -2.56. The Morgan fingerprint density at radius 2 is 1.80 bits per heavy atom. The third-order valence-electron chi connectivity index (χ3n) is 3.71. The van der Waals surface area contributed by atoms with Crippen LogP contribution in [0.3, 0.4) is 0 Å². The molecule has 0 fully saturated rings. The first-order valence-electron chi connectivity index (χ1n) is 8.71. The first-order chi connectivity index (χ1) is 12.2. The Morgan fingerprint density at radius 1 is 1.00 bits per heavy atom. The molecule has 25 heavy (non-hydrogen) atoms. The molecule has 0 spiro atoms. The van der Waals surface area contributed by atoms with Crippen molar-refractivity contribution >= 4 is 5.69 Å². The summed E-state index contributed by atoms with van der Waals surface area (Å²) in [4.78, 5) is 0. The molecule has 3 rings (SSSR count). The van der Waals surface area contributed by atoms with Crippen molar-refractivity contribution in [2.75, 3.05) is 25.1 Å². The van der Waals surface area contributed by atoms with Gasteiger partial charge in [-0.3, -0.25) is 0 Å². The van der Waals surface area contributed by atoms with E-state index in [1.54, 1.807) is 0 Å². The van der Waals surface area contributed by atoms with Crippen LogP contribution in [0, 0.1) is 0 Å². The maximum absolute atomic E-state index is 5.80. The summed E-state index contributed by atoms with van der Waals surface area (Å²) in [6.07, 6.45) is 0.112. The topological polar surface area (TPSA) is 49.0 Å². The Morgan fingerprint density at radius 3 is 2.56 bits per heavy atom. The second-order valence-electron chi connectivity index (χ2n) is 6.09. The van der Waals surface area contributed by atoms with Gasteiger partial charge in [0.15, 0.2) is 23.0 Å². The number of anilines is 1. The number of benzene rings is 2. The van der Waals surface area contributed by atoms with Crippen LogP contribution in [0.5, 0.6) is 23.0 Å². The minimum absolute atomic E-state index is 0.112. The van der Waals surface area contributed by atoms with E-state index < -0.39 is 0 Å². The van der Waals surface area contributed by atoms with Gasteiger partial charge in [-0.15, -0.1) is 0 Å². The summed E-state index contributed by atoms with van der Waals surface area (Å²) in [6.45, 7) is 8.46. The number of hydrogen-bond acceptors (Lipinski definition) is 5. The zero-order valence-electron chi connectivity index (χ0n) is 15.0. The fourth-order valence-corrected chi connectivity index (χ4v) is 2.64. The van der Waals surface area contributed by atoms with Gasteiger partial charge in [-0.25, -0.2) is 0 Å². The van der Waals surface area contributed by atoms with Crippen LogP contribution in [-0.2, 0) is 6.54 Å². The van der Waals surface area contributed by atoms with Crippen LogP contribution in [0.2, 0.25) is 0 Å². The summed E-state index contributed by atoms with van der Waals surface area (Å²) in [5, 5.41) is 3.41. The highest BCUT2D eigenvalue weighted by Gasteiger charge is 2.12. The molecular formula is C20H25NO4. The third kappa shape index (κ3) is 4.50. The minimum Gasteiger partial charge on any atom is -0.490 e. The first-order valence-corrected chi connectivity index (χ1v) is 8.71. The van der Waals surface area contributed by atoms with Crippen LogP contribution >= 0.6 is 0 Å². The SMILES string of the molecule is CCOc1cc(CNc2ccc3c(c2)OCCO3)ccc1OC(C)C. The van der Waals surface area contributed by atoms with Crippen LogP contribution < -0.4 is 24.3 Å². The predicted octanol–water partition coefficient (Wildman–Crippen LogP) is 4.26. The number of nitrogens with one attached hydrogen (secondary N) is 1. The van der Waals surface area contributed by atoms with Gasteiger partial charge in [0.2, 0.25) is 0 Å². The normalized spacial score (nSPS) is 12.8. The standard InChI is InChI=1S/C20H25NO4/c1-4-22-19-11-15(5-7-18(19)25-14(2)3)13-21-16-6-8-17-20(12-16)24-10-9-23-17/h5-8,11-12,14,21H,4,9-10,13H2,1-3H3. The lowest BCUT2D eigenvalue weighted by atomic mass is 10.2. The molecule has 2 aromatic rings. The summed E-state index contributed by atoms with van der Waals surface area (Å²) in [6, 6.07) is 11.9. The third-order valence-corrected chi connectivity index (χ3v) is 3.71. The van der Waals surface area contributed by atoms with Crippen molar-refractivity contribution in [2.24, 2.45) is 0 Å². The van der Waals surface area contributed by atoms with Gasteiger partial charge in [0.1, 0.15) is 13.2 Å². The second-order valence-corrected chi connectivity index (χ2v) is 6.09. The first kappa shape index (κ1) is 17.3. The summed E-state index contributed by atoms with van der Waals surface area (Å²) in [7, 11) is 0. The summed E-state index contributed by atoms with van der Waals surface area (Å²) in [5.41, 5.74) is 2.11. The van der Waals surface area contributed by atoms with Crippen molar-refractivity contribution in [3.63, 3.8) is 0 Å². The predicted molar refractivity (Wildman–Crippen MR) is 98.1 cm³/mol. The van der Waals surface area contributed by atoms with Crippen LogP contribution in [0.4, 0.5) is 5.69 Å². The molecule has 0 bridgehead atoms. The molecule has 1 N–H and O–H groups in total. The van der Waals surface area contributed by atoms with E-state index in [1.807, 2.05) is 57.2 Å². The molecule has 5 nitrogen and oxygen atoms in total. The number of fused-ring (bicyclic) bond motifs is 1. The lowest BCUT2D eigenvalue weighted by molar-refractivity contribution is 0.171. The highest BCUT2D eigenvalue weighted by atomic mass is 16.6. The van der Waals surface area contributed by atoms with E-state index in [9.17, 15) is 0 Å². The molecule has 1 heterocycles. The van der Waals surface area contributed by atoms with E-state index in [1.165, 1.54) is 0 Å². The molecule has 1 aliphatic heterocycles. The minimum atomic E-state index is 0.112. The Bertz CT molecular complexity index is 715. The van der Waals surface area contributed by atoms with Gasteiger partial charge in [0.05, 0.1) is 12.7 Å². The molecule has 0 amide bonds. The van der Waals surface area contributed by atoms with E-state index in [4.69, 9.17) is 18.9 Å². The van der Waals surface area contributed by atoms with Crippen LogP contribution in [0.15, 0.2) is 36.4 Å². The Kier molecular flexibility index (Phi) is 5.53. The van der Waals surface area contributed by atoms with Gasteiger partial charge in [0, 0.05) is 18.3 Å². The second kappa shape index (κ2) is 8.01. The quantitative estimate of drug-likeness (QED) is 0.814. The van der Waals surface area contributed by atoms with Gasteiger partial charge in [-0.1, -0.05) is 6.07 Å². The fourth-order valence-electron chi connectivity index (χ4n) is 2.64. The van der Waals surface area contributed by atoms with Gasteiger partial charge in [-0.2, -0.15) is 0 Å². The van der Waals surface area contributed by atoms with Crippen molar-refractivity contribution in [1.82, 2.24) is 0 Å². The van der Waals surface area contributed by atoms with Crippen molar-refractivity contribution < 1.29 is 18.9 Å². The van der Waals surface area contributed by atoms with Gasteiger partial charge in [0.25, 0.3) is 0 Å². The van der Waals surface area contributed by atoms with E-state index >= 15 is 0 Å². The van der Waals surface area contributed by atoms with Crippen molar-refractivity contribution in [1.29, 1.82) is 0 Å². The number of ether oxygens (including phenoxy) is 4. The lowest BCUT2D eigenvalue weighted by Gasteiger charge is -2.19. The van der Waals surface area contributed by atoms with E-state index in [2.05, 4.69) is 5.32 Å². The monoisotopic (exact) mass is 343 g/mol. The van der Waals surface area contributed by atoms with E-state index in [0.717, 1.165) is 34.2 Å². The van der Waals surface area contributed by atoms with Crippen LogP contribution in [-0.4, -0.2) is 25.9 Å². The summed E-state index contributed by atoms with van der Waals surface area (Å²) < 4.78 is 22.7. The zero-order chi connectivity index (χ0) is 17.6. The van der Waals surface area contributed by atoms with Crippen LogP contribution in [0.25, 0.3) is 0 Å². The van der Waals surface area contributed by atoms with Gasteiger partial charge >= 0.3 is 0 Å². The largest absolute Gasteiger partial charge is 0.490 e. The lowest BCUT2D eigenvalue weighted by Crippen LogP contribution is -2.15. The summed E-state index contributed by atoms with van der Waals surface area (Å²) >= 11 is 0. The molecule has 5 heteroatoms. The highest BCUT2D eigenvalue weighted by Crippen LogP contribution is 2.33. The van der Waals surface area contributed by atoms with Crippen molar-refractivity contribution in [3.8, 4) is 23.0 Å². The smallest absolute Gasteiger partial charge is 0.163 e. The van der Waals surface area contributed by atoms with Crippen molar-refractivity contribution in [2.45, 2.75) is 33.4 Å². The van der Waals surface area contributed by atoms with Crippen molar-refractivity contribution in [3.05, 3.63) is 42.0 Å². The van der Waals surface area contributed by atoms with E-state index in [0.29, 0.717) is 26.4 Å². The molecule has 0 saturated carbocycles. The molecule has 1 aliphatic rings. The molecule has 0 aromatic heterocycles. The van der Waals surface area contributed by atoms with Gasteiger partial charge < -0.3 is 24.3 Å². The molecular weight excluding hydrogens is 318 g/mol. The molecule has 0 aliphatic carbocycles. The maximum atomic E-state index is 5.80.